The van der Waals surface area contributed by atoms with Crippen molar-refractivity contribution in [3.63, 3.8) is 0 Å². The van der Waals surface area contributed by atoms with Crippen molar-refractivity contribution in [1.82, 2.24) is 0 Å². The lowest BCUT2D eigenvalue weighted by molar-refractivity contribution is -0.0824. The van der Waals surface area contributed by atoms with Gasteiger partial charge in [-0.2, -0.15) is 0 Å². The lowest BCUT2D eigenvalue weighted by atomic mass is 9.66. The van der Waals surface area contributed by atoms with Crippen LogP contribution in [0.25, 0.3) is 0 Å². The summed E-state index contributed by atoms with van der Waals surface area (Å²) in [4.78, 5) is 11.8. The van der Waals surface area contributed by atoms with Crippen LogP contribution in [0.3, 0.4) is 0 Å². The van der Waals surface area contributed by atoms with Gasteiger partial charge in [-0.05, 0) is 57.1 Å². The van der Waals surface area contributed by atoms with E-state index in [4.69, 9.17) is 9.84 Å². The average molecular weight is 362 g/mol. The standard InChI is InChI=1S/C20H26O6/c1-10(2)12-6-7-20(3,25)18-15(12)16-13(26-18)9-11(5-4-8-21)14(17(16)22)19(23)24/h9,12,15,18,21-22,25H,1,4-8H2,2-3H3,(H,23,24)/t12?,15?,18?,20-/m0/s1. The highest BCUT2D eigenvalue weighted by atomic mass is 16.5. The van der Waals surface area contributed by atoms with Crippen molar-refractivity contribution >= 4 is 5.97 Å². The van der Waals surface area contributed by atoms with Gasteiger partial charge in [0.1, 0.15) is 23.2 Å². The number of aliphatic hydroxyl groups is 2. The smallest absolute Gasteiger partial charge is 0.339 e. The number of benzene rings is 1. The van der Waals surface area contributed by atoms with Gasteiger partial charge in [0.15, 0.2) is 0 Å². The average Bonchev–Trinajstić information content (AvgIpc) is 2.93. The molecule has 0 saturated heterocycles. The van der Waals surface area contributed by atoms with Crippen LogP contribution in [-0.4, -0.2) is 44.7 Å². The number of phenols is 1. The molecule has 1 aromatic rings. The molecule has 1 saturated carbocycles. The first kappa shape index (κ1) is 18.7. The molecule has 0 aromatic heterocycles. The van der Waals surface area contributed by atoms with Gasteiger partial charge in [0.2, 0.25) is 0 Å². The molecule has 142 valence electrons. The van der Waals surface area contributed by atoms with E-state index in [1.165, 1.54) is 0 Å². The summed E-state index contributed by atoms with van der Waals surface area (Å²) in [7, 11) is 0. The fourth-order valence-corrected chi connectivity index (χ4v) is 4.45. The number of rotatable bonds is 5. The summed E-state index contributed by atoms with van der Waals surface area (Å²) < 4.78 is 6.04. The number of allylic oxidation sites excluding steroid dienone is 1. The summed E-state index contributed by atoms with van der Waals surface area (Å²) >= 11 is 0. The molecule has 1 fully saturated rings. The van der Waals surface area contributed by atoms with Crippen LogP contribution < -0.4 is 4.74 Å². The third kappa shape index (κ3) is 2.87. The number of carboxylic acid groups (broad SMARTS) is 1. The number of hydrogen-bond acceptors (Lipinski definition) is 5. The number of aliphatic hydroxyl groups excluding tert-OH is 1. The van der Waals surface area contributed by atoms with Crippen LogP contribution in [0.15, 0.2) is 18.2 Å². The zero-order valence-electron chi connectivity index (χ0n) is 15.2. The molecule has 1 aliphatic heterocycles. The van der Waals surface area contributed by atoms with Gasteiger partial charge in [0, 0.05) is 18.1 Å². The maximum atomic E-state index is 11.8. The second-order valence-electron chi connectivity index (χ2n) is 7.72. The molecule has 0 bridgehead atoms. The van der Waals surface area contributed by atoms with Crippen LogP contribution in [0, 0.1) is 5.92 Å². The molecule has 1 aliphatic carbocycles. The van der Waals surface area contributed by atoms with Gasteiger partial charge < -0.3 is 25.2 Å². The van der Waals surface area contributed by atoms with Gasteiger partial charge in [-0.25, -0.2) is 4.79 Å². The molecule has 2 aliphatic rings. The zero-order valence-corrected chi connectivity index (χ0v) is 15.2. The fraction of sp³-hybridized carbons (Fsp3) is 0.550. The van der Waals surface area contributed by atoms with Gasteiger partial charge in [0.05, 0.1) is 5.60 Å². The lowest BCUT2D eigenvalue weighted by Crippen LogP contribution is -2.50. The number of aryl methyl sites for hydroxylation is 1. The summed E-state index contributed by atoms with van der Waals surface area (Å²) in [6, 6.07) is 1.64. The molecule has 0 radical (unpaired) electrons. The van der Waals surface area contributed by atoms with Gasteiger partial charge in [-0.1, -0.05) is 12.2 Å². The minimum absolute atomic E-state index is 0.00249. The van der Waals surface area contributed by atoms with E-state index in [0.717, 1.165) is 5.57 Å². The molecule has 0 spiro atoms. The molecule has 4 atom stereocenters. The lowest BCUT2D eigenvalue weighted by Gasteiger charge is -2.42. The van der Waals surface area contributed by atoms with Crippen molar-refractivity contribution in [2.75, 3.05) is 6.61 Å². The molecule has 6 heteroatoms. The first-order chi connectivity index (χ1) is 12.2. The molecule has 3 rings (SSSR count). The fourth-order valence-electron chi connectivity index (χ4n) is 4.45. The van der Waals surface area contributed by atoms with E-state index in [-0.39, 0.29) is 29.8 Å². The van der Waals surface area contributed by atoms with Crippen molar-refractivity contribution in [3.8, 4) is 11.5 Å². The highest BCUT2D eigenvalue weighted by molar-refractivity contribution is 5.94. The van der Waals surface area contributed by atoms with Crippen LogP contribution >= 0.6 is 0 Å². The largest absolute Gasteiger partial charge is 0.507 e. The van der Waals surface area contributed by atoms with Gasteiger partial charge in [-0.3, -0.25) is 0 Å². The van der Waals surface area contributed by atoms with Crippen LogP contribution in [0.1, 0.15) is 60.5 Å². The molecular weight excluding hydrogens is 336 g/mol. The predicted molar refractivity (Wildman–Crippen MR) is 95.8 cm³/mol. The first-order valence-corrected chi connectivity index (χ1v) is 8.96. The highest BCUT2D eigenvalue weighted by Gasteiger charge is 2.54. The van der Waals surface area contributed by atoms with Crippen LogP contribution in [0.5, 0.6) is 11.5 Å². The minimum atomic E-state index is -1.21. The Hall–Kier alpha value is -2.05. The Balaban J connectivity index is 2.17. The number of carboxylic acids is 1. The van der Waals surface area contributed by atoms with Crippen LogP contribution in [0.4, 0.5) is 0 Å². The Labute approximate surface area is 152 Å². The number of fused-ring (bicyclic) bond motifs is 3. The van der Waals surface area contributed by atoms with Gasteiger partial charge in [-0.15, -0.1) is 0 Å². The topological polar surface area (TPSA) is 107 Å². The quantitative estimate of drug-likeness (QED) is 0.600. The van der Waals surface area contributed by atoms with Crippen molar-refractivity contribution in [2.24, 2.45) is 5.92 Å². The number of ether oxygens (including phenoxy) is 1. The third-order valence-electron chi connectivity index (χ3n) is 5.76. The normalized spacial score (nSPS) is 29.6. The first-order valence-electron chi connectivity index (χ1n) is 8.96. The zero-order chi connectivity index (χ0) is 19.2. The van der Waals surface area contributed by atoms with Crippen LogP contribution in [-0.2, 0) is 6.42 Å². The maximum absolute atomic E-state index is 11.8. The van der Waals surface area contributed by atoms with E-state index in [2.05, 4.69) is 6.58 Å². The van der Waals surface area contributed by atoms with E-state index in [0.29, 0.717) is 42.6 Å². The Morgan fingerprint density at radius 2 is 2.15 bits per heavy atom. The van der Waals surface area contributed by atoms with Crippen molar-refractivity contribution in [2.45, 2.75) is 57.2 Å². The van der Waals surface area contributed by atoms with Gasteiger partial charge >= 0.3 is 5.97 Å². The molecule has 3 unspecified atom stereocenters. The number of aromatic carboxylic acids is 1. The molecule has 1 aromatic carbocycles. The molecule has 4 N–H and O–H groups in total. The molecule has 0 amide bonds. The van der Waals surface area contributed by atoms with E-state index in [1.54, 1.807) is 13.0 Å². The van der Waals surface area contributed by atoms with Crippen LogP contribution in [0.2, 0.25) is 0 Å². The summed E-state index contributed by atoms with van der Waals surface area (Å²) in [5, 5.41) is 40.3. The minimum Gasteiger partial charge on any atom is -0.507 e. The third-order valence-corrected chi connectivity index (χ3v) is 5.76. The van der Waals surface area contributed by atoms with Gasteiger partial charge in [0.25, 0.3) is 0 Å². The summed E-state index contributed by atoms with van der Waals surface area (Å²) in [6.45, 7) is 7.59. The van der Waals surface area contributed by atoms with E-state index in [9.17, 15) is 20.1 Å². The van der Waals surface area contributed by atoms with Crippen molar-refractivity contribution < 1.29 is 30.0 Å². The maximum Gasteiger partial charge on any atom is 0.339 e. The second-order valence-corrected chi connectivity index (χ2v) is 7.72. The Kier molecular flexibility index (Phi) is 4.75. The summed E-state index contributed by atoms with van der Waals surface area (Å²) in [5.74, 6) is -1.42. The van der Waals surface area contributed by atoms with Crippen molar-refractivity contribution in [3.05, 3.63) is 34.9 Å². The predicted octanol–water partition coefficient (Wildman–Crippen LogP) is 2.60. The second kappa shape index (κ2) is 6.59. The monoisotopic (exact) mass is 362 g/mol. The number of carbonyl (C=O) groups is 1. The number of hydrogen-bond donors (Lipinski definition) is 4. The Morgan fingerprint density at radius 1 is 1.46 bits per heavy atom. The van der Waals surface area contributed by atoms with E-state index < -0.39 is 17.7 Å². The van der Waals surface area contributed by atoms with E-state index >= 15 is 0 Å². The molecular formula is C20H26O6. The Morgan fingerprint density at radius 3 is 2.73 bits per heavy atom. The molecule has 6 nitrogen and oxygen atoms in total. The highest BCUT2D eigenvalue weighted by Crippen LogP contribution is 2.57. The van der Waals surface area contributed by atoms with Crippen molar-refractivity contribution in [1.29, 1.82) is 0 Å². The van der Waals surface area contributed by atoms with E-state index in [1.807, 2.05) is 6.92 Å². The summed E-state index contributed by atoms with van der Waals surface area (Å²) in [6.07, 6.45) is 1.38. The summed E-state index contributed by atoms with van der Waals surface area (Å²) in [5.41, 5.74) is 0.581. The number of aromatic hydroxyl groups is 1. The SMILES string of the molecule is C=C(C)C1CC[C@](C)(O)C2Oc3cc(CCCO)c(C(=O)O)c(O)c3C12. The molecule has 1 heterocycles. The Bertz CT molecular complexity index is 751. The molecule has 26 heavy (non-hydrogen) atoms.